The Morgan fingerprint density at radius 3 is 2.62 bits per heavy atom. The summed E-state index contributed by atoms with van der Waals surface area (Å²) in [5, 5.41) is 8.81. The lowest BCUT2D eigenvalue weighted by atomic mass is 10.2. The number of rotatable bonds is 5. The minimum Gasteiger partial charge on any atom is -0.457 e. The lowest BCUT2D eigenvalue weighted by Gasteiger charge is -2.10. The van der Waals surface area contributed by atoms with E-state index in [2.05, 4.69) is 44.8 Å². The lowest BCUT2D eigenvalue weighted by molar-refractivity contribution is 0.483. The van der Waals surface area contributed by atoms with E-state index in [9.17, 15) is 0 Å². The van der Waals surface area contributed by atoms with E-state index in [0.717, 1.165) is 33.9 Å². The van der Waals surface area contributed by atoms with Gasteiger partial charge in [0.15, 0.2) is 0 Å². The average Bonchev–Trinajstić information content (AvgIpc) is 3.38. The van der Waals surface area contributed by atoms with Crippen LogP contribution in [0.3, 0.4) is 0 Å². The highest BCUT2D eigenvalue weighted by molar-refractivity contribution is 7.08. The molecule has 0 bridgehead atoms. The van der Waals surface area contributed by atoms with E-state index in [1.807, 2.05) is 66.9 Å². The summed E-state index contributed by atoms with van der Waals surface area (Å²) in [6.45, 7) is 0. The van der Waals surface area contributed by atoms with Crippen molar-refractivity contribution >= 4 is 33.7 Å². The summed E-state index contributed by atoms with van der Waals surface area (Å²) in [4.78, 5) is 4.59. The monoisotopic (exact) mass is 397 g/mol. The van der Waals surface area contributed by atoms with Crippen LogP contribution in [0, 0.1) is 0 Å². The van der Waals surface area contributed by atoms with Crippen LogP contribution in [0.4, 0.5) is 11.5 Å². The van der Waals surface area contributed by atoms with Crippen molar-refractivity contribution in [2.24, 2.45) is 7.05 Å². The molecule has 2 aromatic carbocycles. The largest absolute Gasteiger partial charge is 0.457 e. The molecule has 3 heterocycles. The number of benzene rings is 2. The fourth-order valence-corrected chi connectivity index (χ4v) is 4.10. The fraction of sp³-hybridized carbons (Fsp3) is 0.0417. The number of nitrogens with one attached hydrogen (secondary N) is 1. The summed E-state index contributed by atoms with van der Waals surface area (Å²) in [6.07, 6.45) is 1.84. The highest BCUT2D eigenvalue weighted by Gasteiger charge is 2.12. The van der Waals surface area contributed by atoms with Gasteiger partial charge in [0.05, 0.1) is 5.52 Å². The zero-order valence-corrected chi connectivity index (χ0v) is 16.7. The topological polar surface area (TPSA) is 39.1 Å². The Labute approximate surface area is 173 Å². The van der Waals surface area contributed by atoms with E-state index >= 15 is 0 Å². The van der Waals surface area contributed by atoms with Crippen LogP contribution in [0.15, 0.2) is 89.8 Å². The third-order valence-electron chi connectivity index (χ3n) is 4.86. The zero-order chi connectivity index (χ0) is 19.6. The van der Waals surface area contributed by atoms with Crippen molar-refractivity contribution in [1.82, 2.24) is 9.55 Å². The smallest absolute Gasteiger partial charge is 0.139 e. The van der Waals surface area contributed by atoms with Crippen molar-refractivity contribution in [3.05, 3.63) is 89.8 Å². The summed E-state index contributed by atoms with van der Waals surface area (Å²) in [7, 11) is 2.09. The van der Waals surface area contributed by atoms with Crippen LogP contribution in [-0.4, -0.2) is 9.55 Å². The maximum Gasteiger partial charge on any atom is 0.139 e. The summed E-state index contributed by atoms with van der Waals surface area (Å²) in [6, 6.07) is 24.1. The number of aryl methyl sites for hydroxylation is 1. The standard InChI is InChI=1S/C24H19N3OS/c1-27-22-10-12-25-24(21(22)15-23(27)17-11-13-29-16-17)26-18-6-5-9-20(14-18)28-19-7-3-2-4-8-19/h2-16H,1H3,(H,25,26). The molecule has 0 atom stereocenters. The molecule has 0 amide bonds. The molecule has 0 fully saturated rings. The molecule has 0 aliphatic rings. The molecule has 0 radical (unpaired) electrons. The number of hydrogen-bond donors (Lipinski definition) is 1. The van der Waals surface area contributed by atoms with Crippen molar-refractivity contribution in [2.75, 3.05) is 5.32 Å². The van der Waals surface area contributed by atoms with Gasteiger partial charge >= 0.3 is 0 Å². The minimum atomic E-state index is 0.778. The molecular weight excluding hydrogens is 378 g/mol. The Balaban J connectivity index is 1.48. The number of nitrogens with zero attached hydrogens (tertiary/aromatic N) is 2. The number of pyridine rings is 1. The van der Waals surface area contributed by atoms with Crippen molar-refractivity contribution in [2.45, 2.75) is 0 Å². The number of hydrogen-bond acceptors (Lipinski definition) is 4. The molecule has 4 nitrogen and oxygen atoms in total. The quantitative estimate of drug-likeness (QED) is 0.353. The van der Waals surface area contributed by atoms with E-state index in [0.29, 0.717) is 0 Å². The van der Waals surface area contributed by atoms with E-state index in [1.165, 1.54) is 11.3 Å². The van der Waals surface area contributed by atoms with Crippen LogP contribution in [0.1, 0.15) is 0 Å². The number of para-hydroxylation sites is 1. The van der Waals surface area contributed by atoms with Crippen LogP contribution < -0.4 is 10.1 Å². The van der Waals surface area contributed by atoms with Crippen molar-refractivity contribution < 1.29 is 4.74 Å². The molecule has 1 N–H and O–H groups in total. The molecule has 29 heavy (non-hydrogen) atoms. The van der Waals surface area contributed by atoms with Crippen LogP contribution in [-0.2, 0) is 7.05 Å². The first kappa shape index (κ1) is 17.5. The van der Waals surface area contributed by atoms with Crippen molar-refractivity contribution in [3.8, 4) is 22.8 Å². The Morgan fingerprint density at radius 2 is 1.79 bits per heavy atom. The number of thiophene rings is 1. The first-order valence-corrected chi connectivity index (χ1v) is 10.3. The van der Waals surface area contributed by atoms with E-state index in [1.54, 1.807) is 11.3 Å². The Bertz CT molecular complexity index is 1260. The zero-order valence-electron chi connectivity index (χ0n) is 15.9. The molecule has 0 aliphatic heterocycles. The van der Waals surface area contributed by atoms with Crippen molar-refractivity contribution in [1.29, 1.82) is 0 Å². The average molecular weight is 398 g/mol. The second-order valence-corrected chi connectivity index (χ2v) is 7.54. The van der Waals surface area contributed by atoms with Crippen molar-refractivity contribution in [3.63, 3.8) is 0 Å². The maximum absolute atomic E-state index is 5.95. The number of ether oxygens (including phenoxy) is 1. The van der Waals surface area contributed by atoms with Gasteiger partial charge in [0.1, 0.15) is 17.3 Å². The van der Waals surface area contributed by atoms with Gasteiger partial charge in [-0.15, -0.1) is 0 Å². The van der Waals surface area contributed by atoms with Gasteiger partial charge in [-0.2, -0.15) is 11.3 Å². The second-order valence-electron chi connectivity index (χ2n) is 6.76. The molecule has 0 aliphatic carbocycles. The summed E-state index contributed by atoms with van der Waals surface area (Å²) in [5.41, 5.74) is 4.47. The summed E-state index contributed by atoms with van der Waals surface area (Å²) < 4.78 is 8.16. The molecule has 5 rings (SSSR count). The molecule has 0 saturated heterocycles. The van der Waals surface area contributed by atoms with Gasteiger partial charge in [0.25, 0.3) is 0 Å². The van der Waals surface area contributed by atoms with Gasteiger partial charge in [-0.05, 0) is 47.8 Å². The van der Waals surface area contributed by atoms with Crippen LogP contribution in [0.5, 0.6) is 11.5 Å². The first-order valence-electron chi connectivity index (χ1n) is 9.35. The third-order valence-corrected chi connectivity index (χ3v) is 5.55. The number of aromatic nitrogens is 2. The Hall–Kier alpha value is -3.57. The maximum atomic E-state index is 5.95. The normalized spacial score (nSPS) is 10.9. The molecule has 5 aromatic rings. The Morgan fingerprint density at radius 1 is 0.931 bits per heavy atom. The molecule has 5 heteroatoms. The third kappa shape index (κ3) is 3.48. The predicted molar refractivity (Wildman–Crippen MR) is 120 cm³/mol. The van der Waals surface area contributed by atoms with Gasteiger partial charge in [0, 0.05) is 47.0 Å². The van der Waals surface area contributed by atoms with Crippen LogP contribution >= 0.6 is 11.3 Å². The SMILES string of the molecule is Cn1c(-c2ccsc2)cc2c(Nc3cccc(Oc4ccccc4)c3)nccc21. The fourth-order valence-electron chi connectivity index (χ4n) is 3.45. The molecule has 0 spiro atoms. The highest BCUT2D eigenvalue weighted by atomic mass is 32.1. The Kier molecular flexibility index (Phi) is 4.50. The van der Waals surface area contributed by atoms with Gasteiger partial charge in [-0.25, -0.2) is 4.98 Å². The van der Waals surface area contributed by atoms with Gasteiger partial charge in [-0.3, -0.25) is 0 Å². The van der Waals surface area contributed by atoms with Gasteiger partial charge in [-0.1, -0.05) is 24.3 Å². The van der Waals surface area contributed by atoms with Gasteiger partial charge in [0.2, 0.25) is 0 Å². The van der Waals surface area contributed by atoms with E-state index in [-0.39, 0.29) is 0 Å². The summed E-state index contributed by atoms with van der Waals surface area (Å²) >= 11 is 1.70. The number of anilines is 2. The van der Waals surface area contributed by atoms with Crippen LogP contribution in [0.2, 0.25) is 0 Å². The predicted octanol–water partition coefficient (Wildman–Crippen LogP) is 6.84. The number of fused-ring (bicyclic) bond motifs is 1. The second kappa shape index (κ2) is 7.45. The van der Waals surface area contributed by atoms with Gasteiger partial charge < -0.3 is 14.6 Å². The lowest BCUT2D eigenvalue weighted by Crippen LogP contribution is -1.95. The molecule has 0 saturated carbocycles. The molecule has 0 unspecified atom stereocenters. The minimum absolute atomic E-state index is 0.778. The summed E-state index contributed by atoms with van der Waals surface area (Å²) in [5.74, 6) is 2.42. The molecular formula is C24H19N3OS. The van der Waals surface area contributed by atoms with Crippen LogP contribution in [0.25, 0.3) is 22.2 Å². The van der Waals surface area contributed by atoms with E-state index in [4.69, 9.17) is 4.74 Å². The molecule has 3 aromatic heterocycles. The highest BCUT2D eigenvalue weighted by Crippen LogP contribution is 2.33. The van der Waals surface area contributed by atoms with E-state index < -0.39 is 0 Å². The first-order chi connectivity index (χ1) is 14.3. The molecule has 142 valence electrons.